The Balaban J connectivity index is 1.54. The van der Waals surface area contributed by atoms with E-state index < -0.39 is 15.9 Å². The number of hydrogen-bond acceptors (Lipinski definition) is 4. The summed E-state index contributed by atoms with van der Waals surface area (Å²) in [5.41, 5.74) is 6.04. The molecule has 1 fully saturated rings. The van der Waals surface area contributed by atoms with Crippen molar-refractivity contribution in [3.63, 3.8) is 0 Å². The van der Waals surface area contributed by atoms with Gasteiger partial charge in [0.2, 0.25) is 0 Å². The lowest BCUT2D eigenvalue weighted by Gasteiger charge is -2.30. The van der Waals surface area contributed by atoms with E-state index in [4.69, 9.17) is 12.2 Å². The van der Waals surface area contributed by atoms with E-state index in [-0.39, 0.29) is 4.90 Å². The third-order valence-electron chi connectivity index (χ3n) is 5.17. The third-order valence-corrected chi connectivity index (χ3v) is 6.79. The monoisotopic (exact) mass is 446 g/mol. The lowest BCUT2D eigenvalue weighted by atomic mass is 9.86. The number of rotatable bonds is 5. The standard InChI is InChI=1S/C21H26N4O3S2/c1-15-7-5-6-10-19(15)22-21(29)24-23-20(26)16-11-13-18(14-12-16)30(27,28)25-17-8-3-2-4-9-17/h2-4,8-9,11-15,19,25H,5-7,10H2,1H3,(H,23,26)(H2,22,24,29)/t15-,19-/m1/s1. The first-order valence-electron chi connectivity index (χ1n) is 9.90. The lowest BCUT2D eigenvalue weighted by Crippen LogP contribution is -2.51. The molecular formula is C21H26N4O3S2. The van der Waals surface area contributed by atoms with Crippen LogP contribution in [0.1, 0.15) is 43.0 Å². The van der Waals surface area contributed by atoms with E-state index in [1.807, 2.05) is 0 Å². The SMILES string of the molecule is C[C@@H]1CCCC[C@H]1NC(=S)NNC(=O)c1ccc(S(=O)(=O)Nc2ccccc2)cc1. The maximum Gasteiger partial charge on any atom is 0.269 e. The molecule has 30 heavy (non-hydrogen) atoms. The van der Waals surface area contributed by atoms with E-state index in [9.17, 15) is 13.2 Å². The molecule has 0 radical (unpaired) electrons. The van der Waals surface area contributed by atoms with Crippen molar-refractivity contribution in [2.24, 2.45) is 5.92 Å². The number of anilines is 1. The number of thiocarbonyl (C=S) groups is 1. The largest absolute Gasteiger partial charge is 0.358 e. The maximum atomic E-state index is 12.5. The zero-order valence-corrected chi connectivity index (χ0v) is 18.4. The van der Waals surface area contributed by atoms with E-state index >= 15 is 0 Å². The predicted molar refractivity (Wildman–Crippen MR) is 121 cm³/mol. The first-order chi connectivity index (χ1) is 14.3. The van der Waals surface area contributed by atoms with Crippen LogP contribution in [0.3, 0.4) is 0 Å². The lowest BCUT2D eigenvalue weighted by molar-refractivity contribution is 0.0943. The Morgan fingerprint density at radius 1 is 0.967 bits per heavy atom. The summed E-state index contributed by atoms with van der Waals surface area (Å²) < 4.78 is 27.4. The van der Waals surface area contributed by atoms with Crippen LogP contribution in [0.25, 0.3) is 0 Å². The Morgan fingerprint density at radius 2 is 1.63 bits per heavy atom. The predicted octanol–water partition coefficient (Wildman–Crippen LogP) is 3.18. The second-order valence-electron chi connectivity index (χ2n) is 7.42. The van der Waals surface area contributed by atoms with Crippen molar-refractivity contribution < 1.29 is 13.2 Å². The van der Waals surface area contributed by atoms with Gasteiger partial charge in [-0.2, -0.15) is 0 Å². The number of sulfonamides is 1. The van der Waals surface area contributed by atoms with Crippen LogP contribution in [-0.2, 0) is 10.0 Å². The van der Waals surface area contributed by atoms with Crippen molar-refractivity contribution >= 4 is 38.9 Å². The van der Waals surface area contributed by atoms with E-state index in [1.165, 1.54) is 43.5 Å². The summed E-state index contributed by atoms with van der Waals surface area (Å²) in [6.45, 7) is 2.19. The van der Waals surface area contributed by atoms with E-state index in [2.05, 4.69) is 27.8 Å². The summed E-state index contributed by atoms with van der Waals surface area (Å²) in [6.07, 6.45) is 4.64. The van der Waals surface area contributed by atoms with Gasteiger partial charge < -0.3 is 5.32 Å². The molecule has 2 aromatic carbocycles. The molecule has 0 spiro atoms. The van der Waals surface area contributed by atoms with Gasteiger partial charge in [-0.1, -0.05) is 38.0 Å². The molecule has 0 unspecified atom stereocenters. The van der Waals surface area contributed by atoms with Crippen LogP contribution in [0.5, 0.6) is 0 Å². The number of amides is 1. The van der Waals surface area contributed by atoms with Crippen molar-refractivity contribution in [3.05, 3.63) is 60.2 Å². The molecule has 0 aliphatic heterocycles. The summed E-state index contributed by atoms with van der Waals surface area (Å²) in [4.78, 5) is 12.4. The van der Waals surface area contributed by atoms with Crippen molar-refractivity contribution in [1.29, 1.82) is 0 Å². The van der Waals surface area contributed by atoms with Crippen LogP contribution < -0.4 is 20.9 Å². The minimum atomic E-state index is -3.73. The fourth-order valence-corrected chi connectivity index (χ4v) is 4.69. The van der Waals surface area contributed by atoms with Gasteiger partial charge in [0.15, 0.2) is 5.11 Å². The maximum absolute atomic E-state index is 12.5. The van der Waals surface area contributed by atoms with Crippen molar-refractivity contribution in [1.82, 2.24) is 16.2 Å². The van der Waals surface area contributed by atoms with Gasteiger partial charge >= 0.3 is 0 Å². The summed E-state index contributed by atoms with van der Waals surface area (Å²) in [5.74, 6) is 0.129. The molecule has 0 aromatic heterocycles. The molecule has 1 saturated carbocycles. The average Bonchev–Trinajstić information content (AvgIpc) is 2.74. The van der Waals surface area contributed by atoms with Crippen molar-refractivity contribution in [2.45, 2.75) is 43.5 Å². The molecule has 0 saturated heterocycles. The third kappa shape index (κ3) is 5.93. The van der Waals surface area contributed by atoms with Gasteiger partial charge in [0.25, 0.3) is 15.9 Å². The van der Waals surface area contributed by atoms with Crippen LogP contribution in [0, 0.1) is 5.92 Å². The van der Waals surface area contributed by atoms with Crippen LogP contribution in [-0.4, -0.2) is 25.5 Å². The molecule has 3 rings (SSSR count). The van der Waals surface area contributed by atoms with E-state index in [0.717, 1.165) is 6.42 Å². The summed E-state index contributed by atoms with van der Waals surface area (Å²) in [7, 11) is -3.73. The molecule has 2 atom stereocenters. The van der Waals surface area contributed by atoms with Gasteiger partial charge in [-0.15, -0.1) is 0 Å². The first kappa shape index (κ1) is 22.0. The number of hydrogen-bond donors (Lipinski definition) is 4. The van der Waals surface area contributed by atoms with Crippen molar-refractivity contribution in [2.75, 3.05) is 4.72 Å². The second-order valence-corrected chi connectivity index (χ2v) is 9.51. The van der Waals surface area contributed by atoms with E-state index in [0.29, 0.717) is 28.3 Å². The Kier molecular flexibility index (Phi) is 7.28. The first-order valence-corrected chi connectivity index (χ1v) is 11.8. The molecule has 2 aromatic rings. The Morgan fingerprint density at radius 3 is 2.30 bits per heavy atom. The van der Waals surface area contributed by atoms with E-state index in [1.54, 1.807) is 30.3 Å². The zero-order valence-electron chi connectivity index (χ0n) is 16.7. The van der Waals surface area contributed by atoms with Gasteiger partial charge in [-0.25, -0.2) is 8.42 Å². The fourth-order valence-electron chi connectivity index (χ4n) is 3.43. The smallest absolute Gasteiger partial charge is 0.269 e. The number of carbonyl (C=O) groups excluding carboxylic acids is 1. The van der Waals surface area contributed by atoms with Crippen LogP contribution >= 0.6 is 12.2 Å². The average molecular weight is 447 g/mol. The number of hydrazine groups is 1. The quantitative estimate of drug-likeness (QED) is 0.416. The van der Waals surface area contributed by atoms with Gasteiger partial charge in [0, 0.05) is 17.3 Å². The second kappa shape index (κ2) is 9.90. The highest BCUT2D eigenvalue weighted by Crippen LogP contribution is 2.23. The Labute approximate surface area is 182 Å². The summed E-state index contributed by atoms with van der Waals surface area (Å²) in [6, 6.07) is 14.6. The molecule has 1 aliphatic carbocycles. The Hall–Kier alpha value is -2.65. The van der Waals surface area contributed by atoms with Gasteiger partial charge in [0.1, 0.15) is 0 Å². The van der Waals surface area contributed by atoms with Gasteiger partial charge in [0.05, 0.1) is 4.90 Å². The van der Waals surface area contributed by atoms with Crippen molar-refractivity contribution in [3.8, 4) is 0 Å². The molecule has 0 bridgehead atoms. The zero-order chi connectivity index (χ0) is 21.6. The number of nitrogens with one attached hydrogen (secondary N) is 4. The molecule has 160 valence electrons. The minimum Gasteiger partial charge on any atom is -0.358 e. The molecular weight excluding hydrogens is 420 g/mol. The van der Waals surface area contributed by atoms with Crippen LogP contribution in [0.2, 0.25) is 0 Å². The highest BCUT2D eigenvalue weighted by atomic mass is 32.2. The highest BCUT2D eigenvalue weighted by molar-refractivity contribution is 7.92. The van der Waals surface area contributed by atoms with Crippen LogP contribution in [0.4, 0.5) is 5.69 Å². The number of carbonyl (C=O) groups is 1. The van der Waals surface area contributed by atoms with Crippen LogP contribution in [0.15, 0.2) is 59.5 Å². The fraction of sp³-hybridized carbons (Fsp3) is 0.333. The van der Waals surface area contributed by atoms with Gasteiger partial charge in [-0.05, 0) is 67.4 Å². The minimum absolute atomic E-state index is 0.0688. The van der Waals surface area contributed by atoms with Gasteiger partial charge in [-0.3, -0.25) is 20.4 Å². The topological polar surface area (TPSA) is 99.3 Å². The molecule has 1 amide bonds. The molecule has 0 heterocycles. The molecule has 4 N–H and O–H groups in total. The normalized spacial score (nSPS) is 18.8. The molecule has 9 heteroatoms. The molecule has 7 nitrogen and oxygen atoms in total. The summed E-state index contributed by atoms with van der Waals surface area (Å²) in [5, 5.41) is 3.61. The Bertz CT molecular complexity index is 979. The summed E-state index contributed by atoms with van der Waals surface area (Å²) >= 11 is 5.26. The highest BCUT2D eigenvalue weighted by Gasteiger charge is 2.22. The number of para-hydroxylation sites is 1. The number of benzene rings is 2. The molecule has 1 aliphatic rings.